The lowest BCUT2D eigenvalue weighted by Crippen LogP contribution is -2.22. The first-order valence-corrected chi connectivity index (χ1v) is 4.52. The zero-order valence-corrected chi connectivity index (χ0v) is 7.82. The molecular weight excluding hydrogens is 188 g/mol. The lowest BCUT2D eigenvalue weighted by atomic mass is 10.3. The smallest absolute Gasteiger partial charge is 0.407 e. The highest BCUT2D eigenvalue weighted by atomic mass is 16.6. The van der Waals surface area contributed by atoms with Gasteiger partial charge in [-0.3, -0.25) is 4.79 Å². The van der Waals surface area contributed by atoms with Gasteiger partial charge in [-0.2, -0.15) is 0 Å². The fourth-order valence-electron chi connectivity index (χ4n) is 1.03. The molecule has 0 aromatic heterocycles. The lowest BCUT2D eigenvalue weighted by molar-refractivity contribution is -0.146. The molecule has 0 spiro atoms. The topological polar surface area (TPSA) is 90.7 Å². The predicted octanol–water partition coefficient (Wildman–Crippen LogP) is -0.623. The largest absolute Gasteiger partial charge is 0.462 e. The molecule has 0 aromatic rings. The number of nitrogens with one attached hydrogen (secondary N) is 1. The highest BCUT2D eigenvalue weighted by Gasteiger charge is 2.23. The van der Waals surface area contributed by atoms with Crippen LogP contribution in [0.4, 0.5) is 4.79 Å². The SMILES string of the molecule is NCCCC(=O)OC[C@H]1CNC(=O)O1. The van der Waals surface area contributed by atoms with Crippen molar-refractivity contribution in [3.05, 3.63) is 0 Å². The van der Waals surface area contributed by atoms with E-state index in [9.17, 15) is 9.59 Å². The second-order valence-electron chi connectivity index (χ2n) is 2.98. The zero-order chi connectivity index (χ0) is 10.4. The summed E-state index contributed by atoms with van der Waals surface area (Å²) in [6.45, 7) is 0.972. The third kappa shape index (κ3) is 3.61. The van der Waals surface area contributed by atoms with Crippen LogP contribution >= 0.6 is 0 Å². The molecule has 0 saturated carbocycles. The molecule has 0 aliphatic carbocycles. The van der Waals surface area contributed by atoms with E-state index in [0.29, 0.717) is 25.9 Å². The van der Waals surface area contributed by atoms with Crippen LogP contribution in [0.3, 0.4) is 0 Å². The van der Waals surface area contributed by atoms with Crippen LogP contribution in [-0.2, 0) is 14.3 Å². The quantitative estimate of drug-likeness (QED) is 0.579. The van der Waals surface area contributed by atoms with Crippen LogP contribution in [0.5, 0.6) is 0 Å². The van der Waals surface area contributed by atoms with Crippen LogP contribution in [0, 0.1) is 0 Å². The van der Waals surface area contributed by atoms with E-state index in [1.54, 1.807) is 0 Å². The van der Waals surface area contributed by atoms with Crippen molar-refractivity contribution in [2.45, 2.75) is 18.9 Å². The summed E-state index contributed by atoms with van der Waals surface area (Å²) >= 11 is 0. The number of nitrogens with two attached hydrogens (primary N) is 1. The Morgan fingerprint density at radius 1 is 1.71 bits per heavy atom. The van der Waals surface area contributed by atoms with Crippen molar-refractivity contribution >= 4 is 12.1 Å². The van der Waals surface area contributed by atoms with Crippen molar-refractivity contribution in [3.8, 4) is 0 Å². The maximum absolute atomic E-state index is 11.0. The van der Waals surface area contributed by atoms with Crippen LogP contribution in [-0.4, -0.2) is 37.9 Å². The number of esters is 1. The molecule has 1 aliphatic heterocycles. The van der Waals surface area contributed by atoms with Crippen molar-refractivity contribution in [2.24, 2.45) is 5.73 Å². The van der Waals surface area contributed by atoms with E-state index in [4.69, 9.17) is 15.2 Å². The second kappa shape index (κ2) is 5.43. The lowest BCUT2D eigenvalue weighted by Gasteiger charge is -2.08. The van der Waals surface area contributed by atoms with Crippen LogP contribution in [0.25, 0.3) is 0 Å². The van der Waals surface area contributed by atoms with Crippen molar-refractivity contribution in [3.63, 3.8) is 0 Å². The summed E-state index contributed by atoms with van der Waals surface area (Å²) in [6, 6.07) is 0. The number of carbonyl (C=O) groups is 2. The van der Waals surface area contributed by atoms with Gasteiger partial charge in [-0.15, -0.1) is 0 Å². The average Bonchev–Trinajstić information content (AvgIpc) is 2.58. The highest BCUT2D eigenvalue weighted by molar-refractivity contribution is 5.70. The number of hydrogen-bond donors (Lipinski definition) is 2. The number of rotatable bonds is 5. The van der Waals surface area contributed by atoms with Crippen LogP contribution in [0.2, 0.25) is 0 Å². The Morgan fingerprint density at radius 3 is 3.07 bits per heavy atom. The predicted molar refractivity (Wildman–Crippen MR) is 47.5 cm³/mol. The van der Waals surface area contributed by atoms with Crippen LogP contribution in [0.15, 0.2) is 0 Å². The monoisotopic (exact) mass is 202 g/mol. The molecule has 1 atom stereocenters. The van der Waals surface area contributed by atoms with Gasteiger partial charge in [0.05, 0.1) is 6.54 Å². The number of cyclic esters (lactones) is 1. The van der Waals surface area contributed by atoms with Crippen molar-refractivity contribution < 1.29 is 19.1 Å². The maximum atomic E-state index is 11.0. The van der Waals surface area contributed by atoms with E-state index in [0.717, 1.165) is 0 Å². The van der Waals surface area contributed by atoms with Gasteiger partial charge < -0.3 is 20.5 Å². The van der Waals surface area contributed by atoms with Crippen molar-refractivity contribution in [1.82, 2.24) is 5.32 Å². The van der Waals surface area contributed by atoms with E-state index >= 15 is 0 Å². The number of hydrogen-bond acceptors (Lipinski definition) is 5. The fraction of sp³-hybridized carbons (Fsp3) is 0.750. The van der Waals surface area contributed by atoms with E-state index < -0.39 is 6.09 Å². The number of ether oxygens (including phenoxy) is 2. The number of alkyl carbamates (subject to hydrolysis) is 1. The molecule has 1 fully saturated rings. The third-order valence-corrected chi connectivity index (χ3v) is 1.76. The van der Waals surface area contributed by atoms with Gasteiger partial charge in [-0.1, -0.05) is 0 Å². The standard InChI is InChI=1S/C8H14N2O4/c9-3-1-2-7(11)13-5-6-4-10-8(12)14-6/h6H,1-5,9H2,(H,10,12)/t6-/m1/s1. The molecule has 1 heterocycles. The summed E-state index contributed by atoms with van der Waals surface area (Å²) in [6.07, 6.45) is 0.101. The minimum Gasteiger partial charge on any atom is -0.462 e. The molecule has 0 unspecified atom stereocenters. The Hall–Kier alpha value is -1.30. The first-order valence-electron chi connectivity index (χ1n) is 4.52. The molecule has 0 bridgehead atoms. The summed E-state index contributed by atoms with van der Waals surface area (Å²) in [5, 5.41) is 2.46. The molecule has 0 radical (unpaired) electrons. The maximum Gasteiger partial charge on any atom is 0.407 e. The van der Waals surface area contributed by atoms with E-state index in [2.05, 4.69) is 5.32 Å². The summed E-state index contributed by atoms with van der Waals surface area (Å²) in [5.41, 5.74) is 5.23. The number of carbonyl (C=O) groups excluding carboxylic acids is 2. The molecule has 3 N–H and O–H groups in total. The van der Waals surface area contributed by atoms with Crippen molar-refractivity contribution in [2.75, 3.05) is 19.7 Å². The normalized spacial score (nSPS) is 20.1. The Balaban J connectivity index is 2.08. The van der Waals surface area contributed by atoms with Gasteiger partial charge in [0.25, 0.3) is 0 Å². The van der Waals surface area contributed by atoms with Gasteiger partial charge in [-0.25, -0.2) is 4.79 Å². The Morgan fingerprint density at radius 2 is 2.50 bits per heavy atom. The van der Waals surface area contributed by atoms with Crippen LogP contribution in [0.1, 0.15) is 12.8 Å². The molecule has 14 heavy (non-hydrogen) atoms. The molecule has 1 aliphatic rings. The summed E-state index contributed by atoms with van der Waals surface area (Å²) < 4.78 is 9.63. The van der Waals surface area contributed by atoms with E-state index in [-0.39, 0.29) is 18.7 Å². The van der Waals surface area contributed by atoms with Crippen molar-refractivity contribution in [1.29, 1.82) is 0 Å². The molecule has 6 heteroatoms. The Kier molecular flexibility index (Phi) is 4.18. The first kappa shape index (κ1) is 10.8. The van der Waals surface area contributed by atoms with Gasteiger partial charge in [0.1, 0.15) is 6.61 Å². The minimum absolute atomic E-state index is 0.113. The Bertz CT molecular complexity index is 219. The summed E-state index contributed by atoms with van der Waals surface area (Å²) in [5.74, 6) is -0.307. The van der Waals surface area contributed by atoms with Gasteiger partial charge in [0, 0.05) is 6.42 Å². The van der Waals surface area contributed by atoms with E-state index in [1.807, 2.05) is 0 Å². The average molecular weight is 202 g/mol. The molecule has 6 nitrogen and oxygen atoms in total. The first-order chi connectivity index (χ1) is 6.72. The Labute approximate surface area is 81.7 Å². The molecule has 1 saturated heterocycles. The van der Waals surface area contributed by atoms with Gasteiger partial charge in [-0.05, 0) is 13.0 Å². The second-order valence-corrected chi connectivity index (χ2v) is 2.98. The molecular formula is C8H14N2O4. The highest BCUT2D eigenvalue weighted by Crippen LogP contribution is 2.01. The molecule has 0 aromatic carbocycles. The summed E-state index contributed by atoms with van der Waals surface area (Å²) in [4.78, 5) is 21.6. The molecule has 80 valence electrons. The van der Waals surface area contributed by atoms with Gasteiger partial charge in [0.15, 0.2) is 6.10 Å². The van der Waals surface area contributed by atoms with Gasteiger partial charge >= 0.3 is 12.1 Å². The minimum atomic E-state index is -0.465. The molecule has 1 rings (SSSR count). The summed E-state index contributed by atoms with van der Waals surface area (Å²) in [7, 11) is 0. The van der Waals surface area contributed by atoms with E-state index in [1.165, 1.54) is 0 Å². The van der Waals surface area contributed by atoms with Crippen LogP contribution < -0.4 is 11.1 Å². The third-order valence-electron chi connectivity index (χ3n) is 1.76. The molecule has 1 amide bonds. The fourth-order valence-corrected chi connectivity index (χ4v) is 1.03. The van der Waals surface area contributed by atoms with Gasteiger partial charge in [0.2, 0.25) is 0 Å². The zero-order valence-electron chi connectivity index (χ0n) is 7.82. The number of amides is 1.